The van der Waals surface area contributed by atoms with Gasteiger partial charge in [0.25, 0.3) is 5.91 Å². The third kappa shape index (κ3) is 4.90. The molecule has 1 saturated heterocycles. The molecule has 23 heavy (non-hydrogen) atoms. The Labute approximate surface area is 133 Å². The largest absolute Gasteiger partial charge is 0.477 e. The summed E-state index contributed by atoms with van der Waals surface area (Å²) >= 11 is 0. The number of carbonyl (C=O) groups is 1. The SMILES string of the molecule is COC[C@@H](NC(=O)COc1ccccc1[N+](=O)[O-])[C@H]1CCCO1. The number of rotatable bonds is 8. The second kappa shape index (κ2) is 8.44. The van der Waals surface area contributed by atoms with Crippen molar-refractivity contribution in [3.05, 3.63) is 34.4 Å². The lowest BCUT2D eigenvalue weighted by atomic mass is 10.1. The van der Waals surface area contributed by atoms with Gasteiger partial charge in [-0.15, -0.1) is 0 Å². The van der Waals surface area contributed by atoms with Crippen molar-refractivity contribution in [1.82, 2.24) is 5.32 Å². The maximum atomic E-state index is 12.0. The molecule has 8 heteroatoms. The Hall–Kier alpha value is -2.19. The zero-order chi connectivity index (χ0) is 16.7. The van der Waals surface area contributed by atoms with Crippen molar-refractivity contribution in [3.8, 4) is 5.75 Å². The smallest absolute Gasteiger partial charge is 0.310 e. The first kappa shape index (κ1) is 17.2. The number of hydrogen-bond donors (Lipinski definition) is 1. The normalized spacial score (nSPS) is 18.4. The molecule has 0 unspecified atom stereocenters. The van der Waals surface area contributed by atoms with E-state index in [9.17, 15) is 14.9 Å². The molecule has 1 aromatic rings. The van der Waals surface area contributed by atoms with Crippen LogP contribution in [-0.2, 0) is 14.3 Å². The van der Waals surface area contributed by atoms with Gasteiger partial charge in [-0.2, -0.15) is 0 Å². The van der Waals surface area contributed by atoms with Crippen LogP contribution in [-0.4, -0.2) is 49.9 Å². The van der Waals surface area contributed by atoms with Gasteiger partial charge in [-0.3, -0.25) is 14.9 Å². The van der Waals surface area contributed by atoms with Crippen molar-refractivity contribution < 1.29 is 23.9 Å². The van der Waals surface area contributed by atoms with E-state index in [2.05, 4.69) is 5.32 Å². The van der Waals surface area contributed by atoms with Crippen LogP contribution in [0.25, 0.3) is 0 Å². The Balaban J connectivity index is 1.90. The molecule has 1 aliphatic heterocycles. The number of amides is 1. The summed E-state index contributed by atoms with van der Waals surface area (Å²) < 4.78 is 15.9. The topological polar surface area (TPSA) is 99.9 Å². The quantitative estimate of drug-likeness (QED) is 0.571. The number of nitrogens with zero attached hydrogens (tertiary/aromatic N) is 1. The third-order valence-electron chi connectivity index (χ3n) is 3.53. The number of nitrogens with one attached hydrogen (secondary N) is 1. The van der Waals surface area contributed by atoms with E-state index < -0.39 is 4.92 Å². The average molecular weight is 324 g/mol. The van der Waals surface area contributed by atoms with Crippen LogP contribution in [0.4, 0.5) is 5.69 Å². The maximum absolute atomic E-state index is 12.0. The first-order valence-corrected chi connectivity index (χ1v) is 7.38. The van der Waals surface area contributed by atoms with E-state index in [1.54, 1.807) is 13.2 Å². The summed E-state index contributed by atoms with van der Waals surface area (Å²) in [6.07, 6.45) is 1.73. The molecule has 0 bridgehead atoms. The second-order valence-electron chi connectivity index (χ2n) is 5.19. The summed E-state index contributed by atoms with van der Waals surface area (Å²) in [6, 6.07) is 5.67. The van der Waals surface area contributed by atoms with Gasteiger partial charge in [-0.05, 0) is 18.9 Å². The fourth-order valence-corrected chi connectivity index (χ4v) is 2.46. The molecule has 1 fully saturated rings. The van der Waals surface area contributed by atoms with Gasteiger partial charge in [0.15, 0.2) is 12.4 Å². The molecule has 0 saturated carbocycles. The molecule has 0 radical (unpaired) electrons. The Morgan fingerprint density at radius 1 is 1.52 bits per heavy atom. The van der Waals surface area contributed by atoms with E-state index in [0.29, 0.717) is 13.2 Å². The number of hydrogen-bond acceptors (Lipinski definition) is 6. The molecule has 126 valence electrons. The summed E-state index contributed by atoms with van der Waals surface area (Å²) in [7, 11) is 1.55. The van der Waals surface area contributed by atoms with E-state index >= 15 is 0 Å². The fourth-order valence-electron chi connectivity index (χ4n) is 2.46. The summed E-state index contributed by atoms with van der Waals surface area (Å²) in [4.78, 5) is 22.4. The number of nitro benzene ring substituents is 1. The Bertz CT molecular complexity index is 545. The van der Waals surface area contributed by atoms with Gasteiger partial charge in [-0.25, -0.2) is 0 Å². The molecule has 0 aliphatic carbocycles. The van der Waals surface area contributed by atoms with E-state index in [1.807, 2.05) is 0 Å². The molecule has 0 spiro atoms. The molecule has 1 amide bonds. The van der Waals surface area contributed by atoms with Crippen molar-refractivity contribution >= 4 is 11.6 Å². The number of benzene rings is 1. The summed E-state index contributed by atoms with van der Waals surface area (Å²) in [5, 5.41) is 13.7. The van der Waals surface area contributed by atoms with Gasteiger partial charge in [0, 0.05) is 19.8 Å². The molecule has 1 aliphatic rings. The average Bonchev–Trinajstić information content (AvgIpc) is 3.07. The van der Waals surface area contributed by atoms with Crippen molar-refractivity contribution in [2.45, 2.75) is 25.0 Å². The van der Waals surface area contributed by atoms with Crippen LogP contribution in [0.3, 0.4) is 0 Å². The predicted molar refractivity (Wildman–Crippen MR) is 81.4 cm³/mol. The van der Waals surface area contributed by atoms with Gasteiger partial charge in [0.2, 0.25) is 0 Å². The number of nitro groups is 1. The first-order valence-electron chi connectivity index (χ1n) is 7.38. The van der Waals surface area contributed by atoms with Crippen LogP contribution in [0.1, 0.15) is 12.8 Å². The highest BCUT2D eigenvalue weighted by Gasteiger charge is 2.27. The van der Waals surface area contributed by atoms with Crippen molar-refractivity contribution in [1.29, 1.82) is 0 Å². The van der Waals surface area contributed by atoms with E-state index in [4.69, 9.17) is 14.2 Å². The number of carbonyl (C=O) groups excluding carboxylic acids is 1. The Morgan fingerprint density at radius 2 is 2.30 bits per heavy atom. The first-order chi connectivity index (χ1) is 11.1. The van der Waals surface area contributed by atoms with Gasteiger partial charge in [-0.1, -0.05) is 12.1 Å². The molecule has 0 aromatic heterocycles. The lowest BCUT2D eigenvalue weighted by Gasteiger charge is -2.23. The number of ether oxygens (including phenoxy) is 3. The summed E-state index contributed by atoms with van der Waals surface area (Å²) in [6.45, 7) is 0.702. The molecular weight excluding hydrogens is 304 g/mol. The molecular formula is C15H20N2O6. The fraction of sp³-hybridized carbons (Fsp3) is 0.533. The van der Waals surface area contributed by atoms with Gasteiger partial charge >= 0.3 is 5.69 Å². The maximum Gasteiger partial charge on any atom is 0.310 e. The van der Waals surface area contributed by atoms with Gasteiger partial charge in [0.05, 0.1) is 23.7 Å². The lowest BCUT2D eigenvalue weighted by molar-refractivity contribution is -0.385. The zero-order valence-corrected chi connectivity index (χ0v) is 12.9. The molecule has 1 heterocycles. The van der Waals surface area contributed by atoms with E-state index in [1.165, 1.54) is 18.2 Å². The minimum atomic E-state index is -0.548. The van der Waals surface area contributed by atoms with Crippen molar-refractivity contribution in [2.24, 2.45) is 0 Å². The minimum absolute atomic E-state index is 0.0630. The lowest BCUT2D eigenvalue weighted by Crippen LogP contribution is -2.47. The Morgan fingerprint density at radius 3 is 2.96 bits per heavy atom. The van der Waals surface area contributed by atoms with E-state index in [-0.39, 0.29) is 36.1 Å². The van der Waals surface area contributed by atoms with Gasteiger partial charge < -0.3 is 19.5 Å². The zero-order valence-electron chi connectivity index (χ0n) is 12.9. The summed E-state index contributed by atoms with van der Waals surface area (Å²) in [5.74, 6) is -0.311. The monoisotopic (exact) mass is 324 g/mol. The van der Waals surface area contributed by atoms with Crippen LogP contribution >= 0.6 is 0 Å². The van der Waals surface area contributed by atoms with Crippen LogP contribution < -0.4 is 10.1 Å². The highest BCUT2D eigenvalue weighted by molar-refractivity contribution is 5.78. The standard InChI is InChI=1S/C15H20N2O6/c1-21-9-11(13-7-4-8-22-13)16-15(18)10-23-14-6-3-2-5-12(14)17(19)20/h2-3,5-6,11,13H,4,7-10H2,1H3,(H,16,18)/t11-,13-/m1/s1. The second-order valence-corrected chi connectivity index (χ2v) is 5.19. The Kier molecular flexibility index (Phi) is 6.30. The third-order valence-corrected chi connectivity index (χ3v) is 3.53. The van der Waals surface area contributed by atoms with Gasteiger partial charge in [0.1, 0.15) is 0 Å². The van der Waals surface area contributed by atoms with Crippen molar-refractivity contribution in [3.63, 3.8) is 0 Å². The van der Waals surface area contributed by atoms with Crippen LogP contribution in [0, 0.1) is 10.1 Å². The van der Waals surface area contributed by atoms with Crippen molar-refractivity contribution in [2.75, 3.05) is 26.9 Å². The minimum Gasteiger partial charge on any atom is -0.477 e. The molecule has 1 aromatic carbocycles. The number of methoxy groups -OCH3 is 1. The summed E-state index contributed by atoms with van der Waals surface area (Å²) in [5.41, 5.74) is -0.173. The predicted octanol–water partition coefficient (Wildman–Crippen LogP) is 1.28. The number of para-hydroxylation sites is 2. The highest BCUT2D eigenvalue weighted by atomic mass is 16.6. The van der Waals surface area contributed by atoms with Crippen LogP contribution in [0.2, 0.25) is 0 Å². The molecule has 1 N–H and O–H groups in total. The van der Waals surface area contributed by atoms with Crippen LogP contribution in [0.15, 0.2) is 24.3 Å². The van der Waals surface area contributed by atoms with E-state index in [0.717, 1.165) is 12.8 Å². The molecule has 2 atom stereocenters. The highest BCUT2D eigenvalue weighted by Crippen LogP contribution is 2.25. The van der Waals surface area contributed by atoms with Crippen LogP contribution in [0.5, 0.6) is 5.75 Å². The molecule has 8 nitrogen and oxygen atoms in total. The molecule has 2 rings (SSSR count).